The second-order valence-corrected chi connectivity index (χ2v) is 6.22. The highest BCUT2D eigenvalue weighted by molar-refractivity contribution is 5.73. The highest BCUT2D eigenvalue weighted by atomic mass is 16.2. The lowest BCUT2D eigenvalue weighted by Gasteiger charge is -2.38. The lowest BCUT2D eigenvalue weighted by Crippen LogP contribution is -2.50. The number of nitrogens with zero attached hydrogens (tertiary/aromatic N) is 3. The van der Waals surface area contributed by atoms with E-state index in [0.717, 1.165) is 38.2 Å². The number of hydrogen-bond donors (Lipinski definition) is 1. The molecule has 0 spiro atoms. The summed E-state index contributed by atoms with van der Waals surface area (Å²) in [4.78, 5) is 13.5. The minimum Gasteiger partial charge on any atom is -0.343 e. The van der Waals surface area contributed by atoms with Crippen LogP contribution in [0, 0.1) is 24.2 Å². The van der Waals surface area contributed by atoms with Gasteiger partial charge in [-0.3, -0.25) is 4.79 Å². The summed E-state index contributed by atoms with van der Waals surface area (Å²) in [6.07, 6.45) is 2.06. The molecule has 2 rings (SSSR count). The van der Waals surface area contributed by atoms with E-state index in [9.17, 15) is 4.79 Å². The van der Waals surface area contributed by atoms with Crippen molar-refractivity contribution >= 4 is 5.91 Å². The van der Waals surface area contributed by atoms with E-state index in [1.807, 2.05) is 29.5 Å². The molecular weight excluding hydrogens is 276 g/mol. The first-order valence-electron chi connectivity index (χ1n) is 8.02. The van der Waals surface area contributed by atoms with Crippen LogP contribution in [0.1, 0.15) is 43.6 Å². The van der Waals surface area contributed by atoms with Crippen molar-refractivity contribution < 1.29 is 4.79 Å². The Balaban J connectivity index is 1.99. The average molecular weight is 302 g/mol. The average Bonchev–Trinajstić information content (AvgIpc) is 2.80. The first-order chi connectivity index (χ1) is 10.5. The van der Waals surface area contributed by atoms with Gasteiger partial charge in [-0.15, -0.1) is 0 Å². The summed E-state index contributed by atoms with van der Waals surface area (Å²) in [5.41, 5.74) is 3.02. The van der Waals surface area contributed by atoms with E-state index in [1.165, 1.54) is 5.56 Å². The zero-order valence-corrected chi connectivity index (χ0v) is 14.0. The van der Waals surface area contributed by atoms with Crippen LogP contribution in [0.4, 0.5) is 0 Å². The van der Waals surface area contributed by atoms with Crippen molar-refractivity contribution in [1.29, 1.82) is 5.26 Å². The summed E-state index contributed by atoms with van der Waals surface area (Å²) in [5, 5.41) is 12.7. The van der Waals surface area contributed by atoms with E-state index in [-0.39, 0.29) is 5.91 Å². The highest BCUT2D eigenvalue weighted by Gasteiger charge is 2.28. The number of nitrogens with one attached hydrogen (secondary N) is 1. The Kier molecular flexibility index (Phi) is 5.25. The molecule has 1 saturated heterocycles. The van der Waals surface area contributed by atoms with Crippen LogP contribution in [-0.4, -0.2) is 34.5 Å². The smallest absolute Gasteiger partial charge is 0.219 e. The van der Waals surface area contributed by atoms with Gasteiger partial charge in [0, 0.05) is 45.3 Å². The standard InChI is InChI=1S/C17H26N4O/c1-5-14-11-21(13(3)22)7-6-17(14)19-10-15-8-16(9-18)20(4)12(15)2/h8,14,17,19H,5-7,10-11H2,1-4H3/t14-,17+/m1/s1. The van der Waals surface area contributed by atoms with Gasteiger partial charge in [-0.2, -0.15) is 5.26 Å². The van der Waals surface area contributed by atoms with E-state index >= 15 is 0 Å². The van der Waals surface area contributed by atoms with Gasteiger partial charge in [0.2, 0.25) is 5.91 Å². The van der Waals surface area contributed by atoms with Crippen LogP contribution in [0.5, 0.6) is 0 Å². The quantitative estimate of drug-likeness (QED) is 0.924. The topological polar surface area (TPSA) is 61.1 Å². The van der Waals surface area contributed by atoms with Gasteiger partial charge in [0.05, 0.1) is 0 Å². The Morgan fingerprint density at radius 3 is 2.82 bits per heavy atom. The first-order valence-corrected chi connectivity index (χ1v) is 8.02. The van der Waals surface area contributed by atoms with Crippen molar-refractivity contribution in [1.82, 2.24) is 14.8 Å². The SMILES string of the molecule is CC[C@@H]1CN(C(C)=O)CC[C@@H]1NCc1cc(C#N)n(C)c1C. The Morgan fingerprint density at radius 1 is 1.55 bits per heavy atom. The molecule has 120 valence electrons. The number of amides is 1. The predicted molar refractivity (Wildman–Crippen MR) is 86.1 cm³/mol. The molecule has 1 aliphatic heterocycles. The van der Waals surface area contributed by atoms with Crippen LogP contribution in [-0.2, 0) is 18.4 Å². The van der Waals surface area contributed by atoms with Gasteiger partial charge < -0.3 is 14.8 Å². The first kappa shape index (κ1) is 16.6. The number of aromatic nitrogens is 1. The summed E-state index contributed by atoms with van der Waals surface area (Å²) in [6, 6.07) is 4.63. The summed E-state index contributed by atoms with van der Waals surface area (Å²) in [7, 11) is 1.93. The van der Waals surface area contributed by atoms with Crippen molar-refractivity contribution in [2.75, 3.05) is 13.1 Å². The Hall–Kier alpha value is -1.80. The summed E-state index contributed by atoms with van der Waals surface area (Å²) in [5.74, 6) is 0.673. The van der Waals surface area contributed by atoms with E-state index < -0.39 is 0 Å². The zero-order valence-electron chi connectivity index (χ0n) is 14.0. The Labute approximate surface area is 132 Å². The van der Waals surface area contributed by atoms with Crippen molar-refractivity contribution in [3.8, 4) is 6.07 Å². The summed E-state index contributed by atoms with van der Waals surface area (Å²) < 4.78 is 1.94. The molecule has 1 N–H and O–H groups in total. The molecule has 1 aromatic heterocycles. The molecule has 2 heterocycles. The third-order valence-corrected chi connectivity index (χ3v) is 5.01. The molecule has 22 heavy (non-hydrogen) atoms. The number of rotatable bonds is 4. The third-order valence-electron chi connectivity index (χ3n) is 5.01. The predicted octanol–water partition coefficient (Wildman–Crippen LogP) is 1.94. The van der Waals surface area contributed by atoms with E-state index in [1.54, 1.807) is 6.92 Å². The maximum Gasteiger partial charge on any atom is 0.219 e. The number of hydrogen-bond acceptors (Lipinski definition) is 3. The number of piperidine rings is 1. The molecule has 5 nitrogen and oxygen atoms in total. The molecular formula is C17H26N4O. The van der Waals surface area contributed by atoms with E-state index in [0.29, 0.717) is 17.7 Å². The van der Waals surface area contributed by atoms with Gasteiger partial charge in [-0.1, -0.05) is 13.3 Å². The van der Waals surface area contributed by atoms with Crippen molar-refractivity contribution in [3.63, 3.8) is 0 Å². The number of likely N-dealkylation sites (tertiary alicyclic amines) is 1. The fourth-order valence-corrected chi connectivity index (χ4v) is 3.29. The highest BCUT2D eigenvalue weighted by Crippen LogP contribution is 2.21. The van der Waals surface area contributed by atoms with Gasteiger partial charge in [0.1, 0.15) is 11.8 Å². The van der Waals surface area contributed by atoms with E-state index in [4.69, 9.17) is 5.26 Å². The molecule has 0 radical (unpaired) electrons. The molecule has 1 aliphatic rings. The zero-order chi connectivity index (χ0) is 16.3. The fourth-order valence-electron chi connectivity index (χ4n) is 3.29. The largest absolute Gasteiger partial charge is 0.343 e. The lowest BCUT2D eigenvalue weighted by atomic mass is 9.89. The molecule has 0 aromatic carbocycles. The molecule has 0 bridgehead atoms. The fraction of sp³-hybridized carbons (Fsp3) is 0.647. The van der Waals surface area contributed by atoms with Gasteiger partial charge >= 0.3 is 0 Å². The van der Waals surface area contributed by atoms with Crippen LogP contribution in [0.2, 0.25) is 0 Å². The van der Waals surface area contributed by atoms with Crippen molar-refractivity contribution in [2.24, 2.45) is 13.0 Å². The normalized spacial score (nSPS) is 21.7. The van der Waals surface area contributed by atoms with Crippen LogP contribution < -0.4 is 5.32 Å². The monoisotopic (exact) mass is 302 g/mol. The van der Waals surface area contributed by atoms with Gasteiger partial charge in [-0.05, 0) is 30.9 Å². The van der Waals surface area contributed by atoms with Crippen LogP contribution in [0.15, 0.2) is 6.07 Å². The maximum atomic E-state index is 11.5. The molecule has 5 heteroatoms. The third kappa shape index (κ3) is 3.33. The van der Waals surface area contributed by atoms with Gasteiger partial charge in [0.25, 0.3) is 0 Å². The van der Waals surface area contributed by atoms with Crippen molar-refractivity contribution in [3.05, 3.63) is 23.0 Å². The molecule has 1 amide bonds. The van der Waals surface area contributed by atoms with E-state index in [2.05, 4.69) is 18.3 Å². The minimum atomic E-state index is 0.175. The minimum absolute atomic E-state index is 0.175. The summed E-state index contributed by atoms with van der Waals surface area (Å²) in [6.45, 7) is 8.35. The second kappa shape index (κ2) is 6.97. The number of carbonyl (C=O) groups excluding carboxylic acids is 1. The maximum absolute atomic E-state index is 11.5. The van der Waals surface area contributed by atoms with Crippen LogP contribution in [0.3, 0.4) is 0 Å². The molecule has 0 saturated carbocycles. The van der Waals surface area contributed by atoms with Crippen LogP contribution >= 0.6 is 0 Å². The molecule has 0 unspecified atom stereocenters. The molecule has 1 aromatic rings. The Bertz CT molecular complexity index is 584. The molecule has 0 aliphatic carbocycles. The van der Waals surface area contributed by atoms with Crippen molar-refractivity contribution in [2.45, 2.75) is 46.2 Å². The van der Waals surface area contributed by atoms with Gasteiger partial charge in [-0.25, -0.2) is 0 Å². The number of carbonyl (C=O) groups is 1. The molecule has 1 fully saturated rings. The van der Waals surface area contributed by atoms with Crippen LogP contribution in [0.25, 0.3) is 0 Å². The molecule has 2 atom stereocenters. The van der Waals surface area contributed by atoms with Gasteiger partial charge in [0.15, 0.2) is 0 Å². The number of nitriles is 1. The summed E-state index contributed by atoms with van der Waals surface area (Å²) >= 11 is 0. The Morgan fingerprint density at radius 2 is 2.27 bits per heavy atom. The lowest BCUT2D eigenvalue weighted by molar-refractivity contribution is -0.131. The second-order valence-electron chi connectivity index (χ2n) is 6.22.